The molecule has 1 aromatic heterocycles. The number of ether oxygens (including phenoxy) is 1. The maximum Gasteiger partial charge on any atom is 0.250 e. The van der Waals surface area contributed by atoms with Gasteiger partial charge in [-0.1, -0.05) is 43.3 Å². The average molecular weight is 425 g/mol. The second-order valence-electron chi connectivity index (χ2n) is 6.32. The fourth-order valence-electron chi connectivity index (χ4n) is 2.36. The molecule has 28 heavy (non-hydrogen) atoms. The molecule has 9 heteroatoms. The van der Waals surface area contributed by atoms with Crippen LogP contribution in [0.25, 0.3) is 0 Å². The standard InChI is InChI=1S/C19H28N4O3S2/c1-16(14-26-15-17-7-4-3-5-8-17)13-22-19(20-2)21-10-11-23-28(24,25)18-9-6-12-27-18/h3-9,12,16,23H,10-11,13-15H2,1-2H3,(H2,20,21,22). The zero-order chi connectivity index (χ0) is 20.2. The highest BCUT2D eigenvalue weighted by Gasteiger charge is 2.13. The molecule has 7 nitrogen and oxygen atoms in total. The number of guanidine groups is 1. The number of aliphatic imine (C=N–C) groups is 1. The Morgan fingerprint density at radius 3 is 2.61 bits per heavy atom. The van der Waals surface area contributed by atoms with E-state index in [4.69, 9.17) is 4.74 Å². The molecular formula is C19H28N4O3S2. The maximum absolute atomic E-state index is 12.0. The molecular weight excluding hydrogens is 396 g/mol. The summed E-state index contributed by atoms with van der Waals surface area (Å²) >= 11 is 1.20. The normalized spacial score (nSPS) is 13.3. The molecule has 2 rings (SSSR count). The van der Waals surface area contributed by atoms with Crippen LogP contribution >= 0.6 is 11.3 Å². The van der Waals surface area contributed by atoms with Gasteiger partial charge in [-0.15, -0.1) is 11.3 Å². The molecule has 0 amide bonds. The van der Waals surface area contributed by atoms with Crippen molar-refractivity contribution in [1.82, 2.24) is 15.4 Å². The molecule has 2 aromatic rings. The highest BCUT2D eigenvalue weighted by molar-refractivity contribution is 7.91. The van der Waals surface area contributed by atoms with Crippen LogP contribution in [0.4, 0.5) is 0 Å². The number of rotatable bonds is 11. The van der Waals surface area contributed by atoms with Gasteiger partial charge >= 0.3 is 0 Å². The molecule has 0 fully saturated rings. The van der Waals surface area contributed by atoms with Gasteiger partial charge in [0.2, 0.25) is 10.0 Å². The van der Waals surface area contributed by atoms with Crippen LogP contribution in [-0.2, 0) is 21.4 Å². The first kappa shape index (κ1) is 22.4. The zero-order valence-corrected chi connectivity index (χ0v) is 17.9. The van der Waals surface area contributed by atoms with Gasteiger partial charge in [-0.25, -0.2) is 13.1 Å². The van der Waals surface area contributed by atoms with Crippen LogP contribution in [0.15, 0.2) is 57.0 Å². The third-order valence-electron chi connectivity index (χ3n) is 3.82. The molecule has 0 spiro atoms. The van der Waals surface area contributed by atoms with Crippen molar-refractivity contribution in [3.63, 3.8) is 0 Å². The lowest BCUT2D eigenvalue weighted by atomic mass is 10.2. The molecule has 0 radical (unpaired) electrons. The van der Waals surface area contributed by atoms with Gasteiger partial charge < -0.3 is 15.4 Å². The molecule has 1 unspecified atom stereocenters. The Morgan fingerprint density at radius 2 is 1.93 bits per heavy atom. The van der Waals surface area contributed by atoms with E-state index in [1.165, 1.54) is 11.3 Å². The Balaban J connectivity index is 1.60. The maximum atomic E-state index is 12.0. The third kappa shape index (κ3) is 7.97. The summed E-state index contributed by atoms with van der Waals surface area (Å²) in [6, 6.07) is 13.4. The van der Waals surface area contributed by atoms with E-state index < -0.39 is 10.0 Å². The van der Waals surface area contributed by atoms with E-state index >= 15 is 0 Å². The van der Waals surface area contributed by atoms with E-state index in [0.717, 1.165) is 5.56 Å². The number of hydrogen-bond donors (Lipinski definition) is 3. The van der Waals surface area contributed by atoms with Gasteiger partial charge in [0.1, 0.15) is 4.21 Å². The molecule has 1 atom stereocenters. The highest BCUT2D eigenvalue weighted by atomic mass is 32.2. The topological polar surface area (TPSA) is 91.8 Å². The van der Waals surface area contributed by atoms with Gasteiger partial charge in [-0.2, -0.15) is 0 Å². The van der Waals surface area contributed by atoms with Gasteiger partial charge in [-0.05, 0) is 22.9 Å². The van der Waals surface area contributed by atoms with Crippen LogP contribution in [0.3, 0.4) is 0 Å². The largest absolute Gasteiger partial charge is 0.376 e. The van der Waals surface area contributed by atoms with E-state index in [1.54, 1.807) is 24.6 Å². The lowest BCUT2D eigenvalue weighted by Gasteiger charge is -2.16. The number of sulfonamides is 1. The molecule has 0 aliphatic heterocycles. The molecule has 0 saturated heterocycles. The first-order valence-electron chi connectivity index (χ1n) is 9.10. The van der Waals surface area contributed by atoms with Crippen molar-refractivity contribution in [3.05, 3.63) is 53.4 Å². The van der Waals surface area contributed by atoms with Crippen LogP contribution in [0.2, 0.25) is 0 Å². The first-order chi connectivity index (χ1) is 13.5. The van der Waals surface area contributed by atoms with Crippen molar-refractivity contribution < 1.29 is 13.2 Å². The minimum Gasteiger partial charge on any atom is -0.376 e. The summed E-state index contributed by atoms with van der Waals surface area (Å²) in [6.07, 6.45) is 0. The smallest absolute Gasteiger partial charge is 0.250 e. The van der Waals surface area contributed by atoms with Crippen molar-refractivity contribution in [2.24, 2.45) is 10.9 Å². The van der Waals surface area contributed by atoms with Crippen LogP contribution < -0.4 is 15.4 Å². The van der Waals surface area contributed by atoms with E-state index in [0.29, 0.717) is 42.4 Å². The van der Waals surface area contributed by atoms with E-state index in [9.17, 15) is 8.42 Å². The minimum absolute atomic E-state index is 0.274. The van der Waals surface area contributed by atoms with Crippen molar-refractivity contribution in [2.75, 3.05) is 33.3 Å². The number of nitrogens with zero attached hydrogens (tertiary/aromatic N) is 1. The van der Waals surface area contributed by atoms with Crippen LogP contribution in [-0.4, -0.2) is 47.7 Å². The van der Waals surface area contributed by atoms with Crippen LogP contribution in [0.5, 0.6) is 0 Å². The Bertz CT molecular complexity index is 809. The Labute approximate surface area is 171 Å². The van der Waals surface area contributed by atoms with Gasteiger partial charge in [0.05, 0.1) is 13.2 Å². The molecule has 0 bridgehead atoms. The van der Waals surface area contributed by atoms with Gasteiger partial charge in [0.25, 0.3) is 0 Å². The van der Waals surface area contributed by atoms with Crippen molar-refractivity contribution in [1.29, 1.82) is 0 Å². The summed E-state index contributed by atoms with van der Waals surface area (Å²) in [5.74, 6) is 0.935. The zero-order valence-electron chi connectivity index (χ0n) is 16.2. The lowest BCUT2D eigenvalue weighted by Crippen LogP contribution is -2.43. The Morgan fingerprint density at radius 1 is 1.14 bits per heavy atom. The number of nitrogens with one attached hydrogen (secondary N) is 3. The second-order valence-corrected chi connectivity index (χ2v) is 9.26. The summed E-state index contributed by atoms with van der Waals surface area (Å²) < 4.78 is 32.7. The minimum atomic E-state index is -3.43. The van der Waals surface area contributed by atoms with E-state index in [1.807, 2.05) is 30.3 Å². The molecule has 0 saturated carbocycles. The number of hydrogen-bond acceptors (Lipinski definition) is 5. The molecule has 1 aromatic carbocycles. The first-order valence-corrected chi connectivity index (χ1v) is 11.5. The molecule has 1 heterocycles. The van der Waals surface area contributed by atoms with Crippen LogP contribution in [0.1, 0.15) is 12.5 Å². The summed E-state index contributed by atoms with van der Waals surface area (Å²) in [7, 11) is -1.75. The summed E-state index contributed by atoms with van der Waals surface area (Å²) in [5, 5.41) is 8.07. The summed E-state index contributed by atoms with van der Waals surface area (Å²) in [4.78, 5) is 4.15. The average Bonchev–Trinajstić information content (AvgIpc) is 3.24. The van der Waals surface area contributed by atoms with Crippen molar-refractivity contribution in [3.8, 4) is 0 Å². The fraction of sp³-hybridized carbons (Fsp3) is 0.421. The predicted molar refractivity (Wildman–Crippen MR) is 114 cm³/mol. The number of thiophene rings is 1. The van der Waals surface area contributed by atoms with Crippen molar-refractivity contribution in [2.45, 2.75) is 17.7 Å². The molecule has 154 valence electrons. The van der Waals surface area contributed by atoms with E-state index in [-0.39, 0.29) is 6.54 Å². The quantitative estimate of drug-likeness (QED) is 0.292. The monoisotopic (exact) mass is 424 g/mol. The molecule has 0 aliphatic carbocycles. The lowest BCUT2D eigenvalue weighted by molar-refractivity contribution is 0.0931. The summed E-state index contributed by atoms with van der Waals surface area (Å²) in [6.45, 7) is 4.75. The van der Waals surface area contributed by atoms with Gasteiger partial charge in [-0.3, -0.25) is 4.99 Å². The van der Waals surface area contributed by atoms with E-state index in [2.05, 4.69) is 27.3 Å². The third-order valence-corrected chi connectivity index (χ3v) is 6.68. The number of benzene rings is 1. The Hall–Kier alpha value is -1.94. The SMILES string of the molecule is CN=C(NCCNS(=O)(=O)c1cccs1)NCC(C)COCc1ccccc1. The molecule has 3 N–H and O–H groups in total. The summed E-state index contributed by atoms with van der Waals surface area (Å²) in [5.41, 5.74) is 1.16. The second kappa shape index (κ2) is 11.8. The fourth-order valence-corrected chi connectivity index (χ4v) is 4.43. The molecule has 0 aliphatic rings. The van der Waals surface area contributed by atoms with Crippen LogP contribution in [0, 0.1) is 5.92 Å². The Kier molecular flexibility index (Phi) is 9.42. The van der Waals surface area contributed by atoms with Gasteiger partial charge in [0, 0.05) is 26.7 Å². The predicted octanol–water partition coefficient (Wildman–Crippen LogP) is 2.04. The van der Waals surface area contributed by atoms with Gasteiger partial charge in [0.15, 0.2) is 5.96 Å². The highest BCUT2D eigenvalue weighted by Crippen LogP contribution is 2.14. The van der Waals surface area contributed by atoms with Crippen molar-refractivity contribution >= 4 is 27.3 Å².